The lowest BCUT2D eigenvalue weighted by atomic mass is 9.94. The van der Waals surface area contributed by atoms with Crippen LogP contribution in [0.1, 0.15) is 42.2 Å². The second-order valence-electron chi connectivity index (χ2n) is 5.41. The molecule has 0 saturated carbocycles. The molecule has 2 heterocycles. The predicted molar refractivity (Wildman–Crippen MR) is 82.5 cm³/mol. The van der Waals surface area contributed by atoms with Crippen molar-refractivity contribution in [1.29, 1.82) is 0 Å². The van der Waals surface area contributed by atoms with Crippen molar-refractivity contribution in [3.05, 3.63) is 20.3 Å². The lowest BCUT2D eigenvalue weighted by Crippen LogP contribution is -2.34. The van der Waals surface area contributed by atoms with E-state index in [9.17, 15) is 8.42 Å². The van der Waals surface area contributed by atoms with Crippen molar-refractivity contribution in [2.24, 2.45) is 0 Å². The average molecular weight is 364 g/mol. The molecular weight excluding hydrogens is 346 g/mol. The van der Waals surface area contributed by atoms with Gasteiger partial charge in [-0.15, -0.1) is 11.3 Å². The van der Waals surface area contributed by atoms with Crippen LogP contribution in [0.5, 0.6) is 0 Å². The Balaban J connectivity index is 1.68. The van der Waals surface area contributed by atoms with Crippen molar-refractivity contribution in [3.63, 3.8) is 0 Å². The number of fused-ring (bicyclic) bond motifs is 1. The smallest absolute Gasteiger partial charge is 0.154 e. The standard InChI is InChI=1S/C13H18BrNO2S2/c14-13-7-10-11(4-1-5-12(10)18-13)15-8-9-3-2-6-19(9,16)17/h7,9,11,15H,1-6,8H2. The summed E-state index contributed by atoms with van der Waals surface area (Å²) in [6.45, 7) is 0.611. The third kappa shape index (κ3) is 2.91. The summed E-state index contributed by atoms with van der Waals surface area (Å²) in [5, 5.41) is 3.33. The lowest BCUT2D eigenvalue weighted by molar-refractivity contribution is 0.456. The van der Waals surface area contributed by atoms with E-state index in [0.29, 0.717) is 18.3 Å². The summed E-state index contributed by atoms with van der Waals surface area (Å²) in [6.07, 6.45) is 5.11. The van der Waals surface area contributed by atoms with Crippen LogP contribution in [0.15, 0.2) is 9.85 Å². The Labute approximate surface area is 126 Å². The highest BCUT2D eigenvalue weighted by Gasteiger charge is 2.32. The highest BCUT2D eigenvalue weighted by Crippen LogP contribution is 2.38. The number of thiophene rings is 1. The van der Waals surface area contributed by atoms with Crippen LogP contribution in [-0.4, -0.2) is 26.0 Å². The van der Waals surface area contributed by atoms with Crippen LogP contribution in [0.2, 0.25) is 0 Å². The Morgan fingerprint density at radius 1 is 1.37 bits per heavy atom. The second-order valence-corrected chi connectivity index (χ2v) is 10.3. The molecule has 19 heavy (non-hydrogen) atoms. The second kappa shape index (κ2) is 5.47. The molecule has 0 aromatic carbocycles. The number of aryl methyl sites for hydroxylation is 1. The van der Waals surface area contributed by atoms with Crippen molar-refractivity contribution in [2.75, 3.05) is 12.3 Å². The molecular formula is C13H18BrNO2S2. The summed E-state index contributed by atoms with van der Waals surface area (Å²) < 4.78 is 24.9. The Bertz CT molecular complexity index is 567. The molecule has 6 heteroatoms. The molecule has 3 nitrogen and oxygen atoms in total. The normalized spacial score (nSPS) is 29.3. The molecule has 0 radical (unpaired) electrons. The van der Waals surface area contributed by atoms with Crippen molar-refractivity contribution in [3.8, 4) is 0 Å². The molecule has 1 aliphatic heterocycles. The first-order valence-corrected chi connectivity index (χ1v) is 10.1. The number of hydrogen-bond donors (Lipinski definition) is 1. The summed E-state index contributed by atoms with van der Waals surface area (Å²) in [5.41, 5.74) is 1.37. The van der Waals surface area contributed by atoms with Gasteiger partial charge in [0.15, 0.2) is 9.84 Å². The fourth-order valence-electron chi connectivity index (χ4n) is 3.09. The number of hydrogen-bond acceptors (Lipinski definition) is 4. The molecule has 1 fully saturated rings. The average Bonchev–Trinajstić information content (AvgIpc) is 2.88. The molecule has 1 aliphatic carbocycles. The summed E-state index contributed by atoms with van der Waals surface area (Å²) in [7, 11) is -2.83. The van der Waals surface area contributed by atoms with Crippen LogP contribution in [0, 0.1) is 0 Å². The maximum atomic E-state index is 11.8. The van der Waals surface area contributed by atoms with Gasteiger partial charge in [0.1, 0.15) is 0 Å². The molecule has 0 spiro atoms. The van der Waals surface area contributed by atoms with Gasteiger partial charge in [-0.1, -0.05) is 0 Å². The topological polar surface area (TPSA) is 46.2 Å². The Morgan fingerprint density at radius 2 is 2.21 bits per heavy atom. The van der Waals surface area contributed by atoms with Crippen LogP contribution in [0.25, 0.3) is 0 Å². The highest BCUT2D eigenvalue weighted by molar-refractivity contribution is 9.11. The molecule has 2 aliphatic rings. The van der Waals surface area contributed by atoms with E-state index in [4.69, 9.17) is 0 Å². The van der Waals surface area contributed by atoms with Crippen LogP contribution in [0.4, 0.5) is 0 Å². The largest absolute Gasteiger partial charge is 0.309 e. The number of sulfone groups is 1. The molecule has 2 unspecified atom stereocenters. The Morgan fingerprint density at radius 3 is 2.95 bits per heavy atom. The van der Waals surface area contributed by atoms with Gasteiger partial charge in [-0.25, -0.2) is 8.42 Å². The van der Waals surface area contributed by atoms with E-state index in [1.54, 1.807) is 0 Å². The molecule has 0 bridgehead atoms. The zero-order valence-electron chi connectivity index (χ0n) is 10.7. The molecule has 0 amide bonds. The SMILES string of the molecule is O=S1(=O)CCCC1CNC1CCCc2sc(Br)cc21. The van der Waals surface area contributed by atoms with Crippen molar-refractivity contribution >= 4 is 37.1 Å². The van der Waals surface area contributed by atoms with Crippen LogP contribution in [-0.2, 0) is 16.3 Å². The Hall–Kier alpha value is 0.0900. The maximum absolute atomic E-state index is 11.8. The zero-order valence-corrected chi connectivity index (χ0v) is 13.9. The molecule has 1 aromatic heterocycles. The summed E-state index contributed by atoms with van der Waals surface area (Å²) >= 11 is 5.36. The van der Waals surface area contributed by atoms with Crippen LogP contribution < -0.4 is 5.32 Å². The fourth-order valence-corrected chi connectivity index (χ4v) is 6.69. The Kier molecular flexibility index (Phi) is 4.04. The number of rotatable bonds is 3. The van der Waals surface area contributed by atoms with Crippen molar-refractivity contribution < 1.29 is 8.42 Å². The first kappa shape index (κ1) is 14.0. The van der Waals surface area contributed by atoms with Gasteiger partial charge >= 0.3 is 0 Å². The van der Waals surface area contributed by atoms with E-state index in [0.717, 1.165) is 25.7 Å². The molecule has 106 valence electrons. The van der Waals surface area contributed by atoms with Gasteiger partial charge in [-0.05, 0) is 59.7 Å². The van der Waals surface area contributed by atoms with Crippen LogP contribution in [0.3, 0.4) is 0 Å². The molecule has 1 N–H and O–H groups in total. The van der Waals surface area contributed by atoms with Gasteiger partial charge in [0.25, 0.3) is 0 Å². The third-order valence-electron chi connectivity index (χ3n) is 4.14. The highest BCUT2D eigenvalue weighted by atomic mass is 79.9. The van der Waals surface area contributed by atoms with Gasteiger partial charge in [-0.3, -0.25) is 0 Å². The van der Waals surface area contributed by atoms with Gasteiger partial charge in [0, 0.05) is 17.5 Å². The summed E-state index contributed by atoms with van der Waals surface area (Å²) in [4.78, 5) is 1.45. The van der Waals surface area contributed by atoms with Gasteiger partial charge in [-0.2, -0.15) is 0 Å². The first-order chi connectivity index (χ1) is 9.06. The van der Waals surface area contributed by atoms with E-state index in [-0.39, 0.29) is 5.25 Å². The number of halogens is 1. The molecule has 1 aromatic rings. The lowest BCUT2D eigenvalue weighted by Gasteiger charge is -2.25. The van der Waals surface area contributed by atoms with E-state index >= 15 is 0 Å². The first-order valence-electron chi connectivity index (χ1n) is 6.79. The quantitative estimate of drug-likeness (QED) is 0.897. The molecule has 2 atom stereocenters. The van der Waals surface area contributed by atoms with Gasteiger partial charge in [0.05, 0.1) is 14.8 Å². The number of nitrogens with one attached hydrogen (secondary N) is 1. The maximum Gasteiger partial charge on any atom is 0.154 e. The summed E-state index contributed by atoms with van der Waals surface area (Å²) in [5.74, 6) is 0.374. The minimum absolute atomic E-state index is 0.167. The summed E-state index contributed by atoms with van der Waals surface area (Å²) in [6, 6.07) is 2.53. The monoisotopic (exact) mass is 363 g/mol. The van der Waals surface area contributed by atoms with Gasteiger partial charge < -0.3 is 5.32 Å². The van der Waals surface area contributed by atoms with Crippen molar-refractivity contribution in [2.45, 2.75) is 43.4 Å². The van der Waals surface area contributed by atoms with E-state index in [1.807, 2.05) is 11.3 Å². The van der Waals surface area contributed by atoms with Gasteiger partial charge in [0.2, 0.25) is 0 Å². The minimum Gasteiger partial charge on any atom is -0.309 e. The van der Waals surface area contributed by atoms with Crippen molar-refractivity contribution in [1.82, 2.24) is 5.32 Å². The van der Waals surface area contributed by atoms with Crippen LogP contribution >= 0.6 is 27.3 Å². The fraction of sp³-hybridized carbons (Fsp3) is 0.692. The van der Waals surface area contributed by atoms with E-state index in [2.05, 4.69) is 27.3 Å². The zero-order chi connectivity index (χ0) is 13.5. The predicted octanol–water partition coefficient (Wildman–Crippen LogP) is 3.05. The third-order valence-corrected chi connectivity index (χ3v) is 8.13. The minimum atomic E-state index is -2.83. The van der Waals surface area contributed by atoms with E-state index < -0.39 is 9.84 Å². The molecule has 3 rings (SSSR count). The molecule has 1 saturated heterocycles. The van der Waals surface area contributed by atoms with E-state index in [1.165, 1.54) is 20.6 Å².